The van der Waals surface area contributed by atoms with Crippen molar-refractivity contribution in [1.29, 1.82) is 0 Å². The minimum absolute atomic E-state index is 0. The van der Waals surface area contributed by atoms with E-state index in [1.165, 1.54) is 5.56 Å². The van der Waals surface area contributed by atoms with Crippen LogP contribution in [-0.2, 0) is 42.0 Å². The van der Waals surface area contributed by atoms with Gasteiger partial charge in [0.2, 0.25) is 0 Å². The Hall–Kier alpha value is -0.136. The minimum Gasteiger partial charge on any atom is -0.465 e. The Kier molecular flexibility index (Phi) is 8.60. The summed E-state index contributed by atoms with van der Waals surface area (Å²) in [5.41, 5.74) is 1.27. The predicted octanol–water partition coefficient (Wildman–Crippen LogP) is 2.21. The van der Waals surface area contributed by atoms with E-state index in [1.807, 2.05) is 24.3 Å². The first-order valence-corrected chi connectivity index (χ1v) is 3.36. The molecule has 0 saturated carbocycles. The Labute approximate surface area is 102 Å². The van der Waals surface area contributed by atoms with E-state index >= 15 is 0 Å². The third-order valence-electron chi connectivity index (χ3n) is 1.60. The smallest absolute Gasteiger partial charge is 0.130 e. The molecule has 1 aromatic rings. The number of hydrogen-bond acceptors (Lipinski definition) is 1. The number of hydrogen-bond donors (Lipinski definition) is 0. The van der Waals surface area contributed by atoms with Crippen molar-refractivity contribution < 1.29 is 40.4 Å². The van der Waals surface area contributed by atoms with Gasteiger partial charge in [0, 0.05) is 43.1 Å². The van der Waals surface area contributed by atoms with E-state index in [0.717, 1.165) is 12.2 Å². The summed E-state index contributed by atoms with van der Waals surface area (Å²) < 4.78 is 5.24. The van der Waals surface area contributed by atoms with Gasteiger partial charge in [0.15, 0.2) is 0 Å². The van der Waals surface area contributed by atoms with Gasteiger partial charge in [-0.3, -0.25) is 0 Å². The van der Waals surface area contributed by atoms with Gasteiger partial charge in [0.05, 0.1) is 6.26 Å². The van der Waals surface area contributed by atoms with E-state index in [0.29, 0.717) is 0 Å². The van der Waals surface area contributed by atoms with Crippen LogP contribution in [-0.4, -0.2) is 0 Å². The van der Waals surface area contributed by atoms with Crippen LogP contribution in [0.15, 0.2) is 36.6 Å². The van der Waals surface area contributed by atoms with Crippen LogP contribution in [0.2, 0.25) is 0 Å². The summed E-state index contributed by atoms with van der Waals surface area (Å²) in [6.07, 6.45) is 4.75. The molecule has 1 heterocycles. The second-order valence-electron chi connectivity index (χ2n) is 2.30. The Morgan fingerprint density at radius 2 is 1.85 bits per heavy atom. The monoisotopic (exact) mass is 251 g/mol. The van der Waals surface area contributed by atoms with Crippen molar-refractivity contribution in [2.24, 2.45) is 0 Å². The fraction of sp³-hybridized carbons (Fsp3) is 0.100. The molecule has 0 amide bonds. The molecule has 0 unspecified atom stereocenters. The van der Waals surface area contributed by atoms with Crippen molar-refractivity contribution in [1.82, 2.24) is 0 Å². The van der Waals surface area contributed by atoms with Gasteiger partial charge < -0.3 is 4.74 Å². The maximum atomic E-state index is 5.24. The molecule has 1 aliphatic heterocycles. The average Bonchev–Trinajstić information content (AvgIpc) is 2.05. The molecule has 3 heteroatoms. The van der Waals surface area contributed by atoms with E-state index < -0.39 is 0 Å². The molecule has 0 aliphatic carbocycles. The van der Waals surface area contributed by atoms with Crippen molar-refractivity contribution in [3.05, 3.63) is 49.6 Å². The first-order chi connectivity index (χ1) is 4.97. The molecule has 1 nitrogen and oxygen atoms in total. The van der Waals surface area contributed by atoms with Crippen molar-refractivity contribution >= 4 is 0 Å². The summed E-state index contributed by atoms with van der Waals surface area (Å²) in [5.74, 6) is 0.991. The molecule has 5 radical (unpaired) electrons. The molecule has 0 spiro atoms. The van der Waals surface area contributed by atoms with Crippen LogP contribution >= 0.6 is 0 Å². The molecular formula is C10H8FeOV. The van der Waals surface area contributed by atoms with Crippen molar-refractivity contribution in [2.75, 3.05) is 0 Å². The van der Waals surface area contributed by atoms with Gasteiger partial charge in [-0.05, 0) is 24.1 Å². The zero-order valence-corrected chi connectivity index (χ0v) is 9.38. The van der Waals surface area contributed by atoms with E-state index in [9.17, 15) is 0 Å². The summed E-state index contributed by atoms with van der Waals surface area (Å²) in [5, 5.41) is 0. The van der Waals surface area contributed by atoms with E-state index in [4.69, 9.17) is 4.74 Å². The van der Waals surface area contributed by atoms with Crippen molar-refractivity contribution in [3.8, 4) is 5.75 Å². The molecule has 0 N–H and O–H groups in total. The summed E-state index contributed by atoms with van der Waals surface area (Å²) in [4.78, 5) is 0. The number of fused-ring (bicyclic) bond motifs is 1. The van der Waals surface area contributed by atoms with Crippen LogP contribution in [0.3, 0.4) is 0 Å². The van der Waals surface area contributed by atoms with E-state index in [2.05, 4.69) is 6.07 Å². The minimum atomic E-state index is 0. The molecule has 67 valence electrons. The van der Waals surface area contributed by atoms with Gasteiger partial charge in [-0.2, -0.15) is 0 Å². The predicted molar refractivity (Wildman–Crippen MR) is 43.2 cm³/mol. The zero-order valence-electron chi connectivity index (χ0n) is 6.88. The molecule has 0 saturated heterocycles. The molecular weight excluding hydrogens is 243 g/mol. The largest absolute Gasteiger partial charge is 0.465 e. The van der Waals surface area contributed by atoms with Crippen LogP contribution in [0.25, 0.3) is 0 Å². The maximum absolute atomic E-state index is 5.24. The summed E-state index contributed by atoms with van der Waals surface area (Å²) in [6.45, 7) is 0. The second-order valence-corrected chi connectivity index (χ2v) is 2.30. The van der Waals surface area contributed by atoms with E-state index in [1.54, 1.807) is 6.26 Å². The van der Waals surface area contributed by atoms with Gasteiger partial charge >= 0.3 is 0 Å². The molecule has 2 rings (SSSR count). The van der Waals surface area contributed by atoms with Crippen molar-refractivity contribution in [2.45, 2.75) is 6.42 Å². The Balaban J connectivity index is 0. The molecule has 0 bridgehead atoms. The normalized spacial score (nSPS) is 10.8. The third kappa shape index (κ3) is 3.62. The van der Waals surface area contributed by atoms with Gasteiger partial charge in [0.25, 0.3) is 0 Å². The fourth-order valence-corrected chi connectivity index (χ4v) is 1.08. The van der Waals surface area contributed by atoms with Crippen LogP contribution in [0, 0.1) is 7.43 Å². The molecule has 0 aromatic heterocycles. The average molecular weight is 251 g/mol. The summed E-state index contributed by atoms with van der Waals surface area (Å²) >= 11 is 0. The molecule has 0 atom stereocenters. The fourth-order valence-electron chi connectivity index (χ4n) is 1.08. The zero-order chi connectivity index (χ0) is 6.81. The molecule has 1 aromatic carbocycles. The topological polar surface area (TPSA) is 9.23 Å². The number of allylic oxidation sites excluding steroid dienone is 1. The van der Waals surface area contributed by atoms with E-state index in [-0.39, 0.29) is 43.1 Å². The van der Waals surface area contributed by atoms with Crippen LogP contribution < -0.4 is 4.74 Å². The van der Waals surface area contributed by atoms with Crippen molar-refractivity contribution in [3.63, 3.8) is 0 Å². The second kappa shape index (κ2) is 7.28. The summed E-state index contributed by atoms with van der Waals surface area (Å²) in [7, 11) is 0. The van der Waals surface area contributed by atoms with Gasteiger partial charge in [-0.15, -0.1) is 0 Å². The first-order valence-electron chi connectivity index (χ1n) is 3.36. The summed E-state index contributed by atoms with van der Waals surface area (Å²) in [6, 6.07) is 8.08. The first kappa shape index (κ1) is 15.3. The number of rotatable bonds is 0. The Morgan fingerprint density at radius 1 is 1.15 bits per heavy atom. The molecule has 13 heavy (non-hydrogen) atoms. The van der Waals surface area contributed by atoms with Gasteiger partial charge in [-0.1, -0.05) is 18.2 Å². The third-order valence-corrected chi connectivity index (χ3v) is 1.60. The van der Waals surface area contributed by atoms with Gasteiger partial charge in [-0.25, -0.2) is 0 Å². The SMILES string of the molecule is C1=COc2ccccc2C1.[C].[Fe].[V]. The standard InChI is InChI=1S/C9H8O.C.Fe.V/c1-2-6-9-8(4-1)5-3-7-10-9;;;/h1-4,6-7H,5H2;;;. The Morgan fingerprint density at radius 3 is 2.54 bits per heavy atom. The van der Waals surface area contributed by atoms with Crippen LogP contribution in [0.1, 0.15) is 5.56 Å². The number of ether oxygens (including phenoxy) is 1. The maximum Gasteiger partial charge on any atom is 0.130 e. The van der Waals surface area contributed by atoms with Gasteiger partial charge in [0.1, 0.15) is 5.75 Å². The molecule has 0 fully saturated rings. The quantitative estimate of drug-likeness (QED) is 0.642. The van der Waals surface area contributed by atoms with Crippen LogP contribution in [0.4, 0.5) is 0 Å². The molecule has 1 aliphatic rings. The van der Waals surface area contributed by atoms with Crippen LogP contribution in [0.5, 0.6) is 5.75 Å². The number of benzene rings is 1. The number of para-hydroxylation sites is 1. The Bertz CT molecular complexity index is 246.